The summed E-state index contributed by atoms with van der Waals surface area (Å²) in [4.78, 5) is 26.3. The molecule has 0 radical (unpaired) electrons. The van der Waals surface area contributed by atoms with E-state index in [1.165, 1.54) is 26.0 Å². The van der Waals surface area contributed by atoms with Gasteiger partial charge in [-0.15, -0.1) is 0 Å². The van der Waals surface area contributed by atoms with Crippen molar-refractivity contribution in [2.75, 3.05) is 13.1 Å². The Morgan fingerprint density at radius 3 is 2.39 bits per heavy atom. The van der Waals surface area contributed by atoms with E-state index in [-0.39, 0.29) is 42.0 Å². The lowest BCUT2D eigenvalue weighted by molar-refractivity contribution is -0.187. The van der Waals surface area contributed by atoms with Crippen molar-refractivity contribution in [3.05, 3.63) is 46.8 Å². The minimum Gasteiger partial charge on any atom is -0.335 e. The molecule has 1 saturated heterocycles. The van der Waals surface area contributed by atoms with Crippen molar-refractivity contribution in [1.29, 1.82) is 0 Å². The number of benzene rings is 1. The van der Waals surface area contributed by atoms with Crippen molar-refractivity contribution < 1.29 is 35.9 Å². The third-order valence-corrected chi connectivity index (χ3v) is 5.30. The standard InChI is InChI=1S/C20H19F6N3O2/c1-11-16(17(30)18(31)28-8-4-6-14(10-28)20(24,25)26)12(2)29(27-11)15-7-3-5-13(9-15)19(21,22)23/h3,5,7,9,14H,4,6,8,10H2,1-2H3. The Kier molecular flexibility index (Phi) is 5.90. The molecule has 2 aromatic rings. The Morgan fingerprint density at radius 2 is 1.77 bits per heavy atom. The third kappa shape index (κ3) is 4.59. The van der Waals surface area contributed by atoms with Gasteiger partial charge in [0.05, 0.1) is 34.1 Å². The molecule has 11 heteroatoms. The molecule has 0 bridgehead atoms. The molecule has 5 nitrogen and oxygen atoms in total. The van der Waals surface area contributed by atoms with Gasteiger partial charge in [0.15, 0.2) is 0 Å². The quantitative estimate of drug-likeness (QED) is 0.396. The maximum atomic E-state index is 13.0. The Hall–Kier alpha value is -2.85. The van der Waals surface area contributed by atoms with Gasteiger partial charge in [0, 0.05) is 13.1 Å². The van der Waals surface area contributed by atoms with Crippen LogP contribution in [0.5, 0.6) is 0 Å². The van der Waals surface area contributed by atoms with Crippen LogP contribution in [0.25, 0.3) is 5.69 Å². The predicted octanol–water partition coefficient (Wildman–Crippen LogP) is 4.49. The monoisotopic (exact) mass is 447 g/mol. The van der Waals surface area contributed by atoms with Crippen molar-refractivity contribution in [1.82, 2.24) is 14.7 Å². The van der Waals surface area contributed by atoms with Crippen LogP contribution < -0.4 is 0 Å². The molecule has 1 aliphatic rings. The highest BCUT2D eigenvalue weighted by molar-refractivity contribution is 6.43. The molecule has 168 valence electrons. The zero-order chi connectivity index (χ0) is 23.1. The van der Waals surface area contributed by atoms with Crippen LogP contribution >= 0.6 is 0 Å². The Labute approximate surface area is 173 Å². The summed E-state index contributed by atoms with van der Waals surface area (Å²) in [5, 5.41) is 4.08. The summed E-state index contributed by atoms with van der Waals surface area (Å²) in [6, 6.07) is 4.29. The van der Waals surface area contributed by atoms with Crippen LogP contribution in [0, 0.1) is 19.8 Å². The van der Waals surface area contributed by atoms with Gasteiger partial charge in [0.2, 0.25) is 0 Å². The smallest absolute Gasteiger partial charge is 0.335 e. The molecule has 3 rings (SSSR count). The largest absolute Gasteiger partial charge is 0.416 e. The Morgan fingerprint density at radius 1 is 1.10 bits per heavy atom. The van der Waals surface area contributed by atoms with Crippen LogP contribution in [-0.4, -0.2) is 45.6 Å². The number of Topliss-reactive ketones (excluding diaryl/α,β-unsaturated/α-hetero) is 1. The number of piperidine rings is 1. The average molecular weight is 447 g/mol. The molecule has 1 aliphatic heterocycles. The fraction of sp³-hybridized carbons (Fsp3) is 0.450. The van der Waals surface area contributed by atoms with Crippen LogP contribution in [0.2, 0.25) is 0 Å². The number of rotatable bonds is 3. The van der Waals surface area contributed by atoms with Gasteiger partial charge in [-0.2, -0.15) is 31.4 Å². The molecule has 0 aliphatic carbocycles. The van der Waals surface area contributed by atoms with Gasteiger partial charge >= 0.3 is 12.4 Å². The summed E-state index contributed by atoms with van der Waals surface area (Å²) < 4.78 is 79.2. The molecular formula is C20H19F6N3O2. The molecule has 1 aromatic heterocycles. The highest BCUT2D eigenvalue weighted by atomic mass is 19.4. The number of amides is 1. The van der Waals surface area contributed by atoms with Crippen molar-refractivity contribution >= 4 is 11.7 Å². The van der Waals surface area contributed by atoms with Crippen LogP contribution in [0.15, 0.2) is 24.3 Å². The Bertz CT molecular complexity index is 1010. The van der Waals surface area contributed by atoms with Crippen LogP contribution in [-0.2, 0) is 11.0 Å². The van der Waals surface area contributed by atoms with Crippen molar-refractivity contribution in [2.24, 2.45) is 5.92 Å². The number of aryl methyl sites for hydroxylation is 1. The van der Waals surface area contributed by atoms with E-state index < -0.39 is 42.1 Å². The minimum atomic E-state index is -4.58. The molecule has 1 amide bonds. The fourth-order valence-corrected chi connectivity index (χ4v) is 3.72. The van der Waals surface area contributed by atoms with Crippen LogP contribution in [0.3, 0.4) is 0 Å². The zero-order valence-electron chi connectivity index (χ0n) is 16.6. The molecule has 2 heterocycles. The minimum absolute atomic E-state index is 0.0248. The van der Waals surface area contributed by atoms with Crippen molar-refractivity contribution in [3.63, 3.8) is 0 Å². The molecule has 1 atom stereocenters. The van der Waals surface area contributed by atoms with E-state index in [2.05, 4.69) is 5.10 Å². The first-order valence-electron chi connectivity index (χ1n) is 9.45. The van der Waals surface area contributed by atoms with E-state index in [1.54, 1.807) is 0 Å². The van der Waals surface area contributed by atoms with E-state index >= 15 is 0 Å². The van der Waals surface area contributed by atoms with E-state index in [4.69, 9.17) is 0 Å². The maximum absolute atomic E-state index is 13.0. The number of alkyl halides is 6. The highest BCUT2D eigenvalue weighted by Crippen LogP contribution is 2.34. The van der Waals surface area contributed by atoms with Gasteiger partial charge in [-0.3, -0.25) is 9.59 Å². The first-order valence-corrected chi connectivity index (χ1v) is 9.45. The molecule has 1 fully saturated rings. The lowest BCUT2D eigenvalue weighted by Gasteiger charge is -2.33. The molecule has 1 unspecified atom stereocenters. The zero-order valence-corrected chi connectivity index (χ0v) is 16.6. The van der Waals surface area contributed by atoms with Gasteiger partial charge < -0.3 is 4.90 Å². The fourth-order valence-electron chi connectivity index (χ4n) is 3.72. The summed E-state index contributed by atoms with van der Waals surface area (Å²) in [6.45, 7) is 2.24. The molecule has 1 aromatic carbocycles. The number of carbonyl (C=O) groups is 2. The van der Waals surface area contributed by atoms with E-state index in [1.807, 2.05) is 0 Å². The second kappa shape index (κ2) is 8.01. The van der Waals surface area contributed by atoms with Gasteiger partial charge in [0.25, 0.3) is 11.7 Å². The lowest BCUT2D eigenvalue weighted by atomic mass is 9.96. The summed E-state index contributed by atoms with van der Waals surface area (Å²) in [6.07, 6.45) is -9.05. The van der Waals surface area contributed by atoms with Crippen LogP contribution in [0.1, 0.15) is 40.2 Å². The topological polar surface area (TPSA) is 55.2 Å². The predicted molar refractivity (Wildman–Crippen MR) is 97.7 cm³/mol. The van der Waals surface area contributed by atoms with E-state index in [0.717, 1.165) is 21.7 Å². The number of hydrogen-bond acceptors (Lipinski definition) is 3. The van der Waals surface area contributed by atoms with E-state index in [0.29, 0.717) is 0 Å². The number of likely N-dealkylation sites (tertiary alicyclic amines) is 1. The molecule has 0 saturated carbocycles. The first-order chi connectivity index (χ1) is 14.3. The van der Waals surface area contributed by atoms with Gasteiger partial charge in [-0.05, 0) is 44.9 Å². The number of aromatic nitrogens is 2. The van der Waals surface area contributed by atoms with Gasteiger partial charge in [0.1, 0.15) is 0 Å². The normalized spacial score (nSPS) is 17.7. The molecule has 0 N–H and O–H groups in total. The van der Waals surface area contributed by atoms with Gasteiger partial charge in [-0.25, -0.2) is 4.68 Å². The maximum Gasteiger partial charge on any atom is 0.416 e. The van der Waals surface area contributed by atoms with E-state index in [9.17, 15) is 35.9 Å². The number of nitrogens with zero attached hydrogens (tertiary/aromatic N) is 3. The van der Waals surface area contributed by atoms with Crippen molar-refractivity contribution in [3.8, 4) is 5.69 Å². The SMILES string of the molecule is Cc1nn(-c2cccc(C(F)(F)F)c2)c(C)c1C(=O)C(=O)N1CCCC(C(F)(F)F)C1. The molecular weight excluding hydrogens is 428 g/mol. The molecule has 0 spiro atoms. The Balaban J connectivity index is 1.90. The number of halogens is 6. The number of carbonyl (C=O) groups excluding carboxylic acids is 2. The summed E-state index contributed by atoms with van der Waals surface area (Å²) in [5.41, 5.74) is -0.779. The second-order valence-corrected chi connectivity index (χ2v) is 7.47. The summed E-state index contributed by atoms with van der Waals surface area (Å²) >= 11 is 0. The lowest BCUT2D eigenvalue weighted by Crippen LogP contribution is -2.47. The van der Waals surface area contributed by atoms with Gasteiger partial charge in [-0.1, -0.05) is 6.07 Å². The number of hydrogen-bond donors (Lipinski definition) is 0. The summed E-state index contributed by atoms with van der Waals surface area (Å²) in [5.74, 6) is -3.81. The highest BCUT2D eigenvalue weighted by Gasteiger charge is 2.43. The first kappa shape index (κ1) is 22.8. The second-order valence-electron chi connectivity index (χ2n) is 7.47. The van der Waals surface area contributed by atoms with Crippen molar-refractivity contribution in [2.45, 2.75) is 39.0 Å². The average Bonchev–Trinajstić information content (AvgIpc) is 3.00. The van der Waals surface area contributed by atoms with Crippen LogP contribution in [0.4, 0.5) is 26.3 Å². The number of ketones is 1. The third-order valence-electron chi connectivity index (χ3n) is 5.30. The molecule has 31 heavy (non-hydrogen) atoms. The summed E-state index contributed by atoms with van der Waals surface area (Å²) in [7, 11) is 0.